The summed E-state index contributed by atoms with van der Waals surface area (Å²) in [6.45, 7) is 16.3. The van der Waals surface area contributed by atoms with Crippen LogP contribution in [0.5, 0.6) is 0 Å². The molecule has 0 aromatic carbocycles. The molecule has 0 aromatic rings. The SMILES string of the molecule is CC.CC[C@H]1OC(=O)[C@H](C)[C@@H](O)[C@H](C)[C@@H](O)[C@@H](C)C[C@@H](C)C(=O)[C@H](C)[C@@H](O)[C@H]1C.[2HH].[2HH].[2HH]. The lowest BCUT2D eigenvalue weighted by molar-refractivity contribution is -0.166. The molecule has 6 heteroatoms. The van der Waals surface area contributed by atoms with E-state index < -0.39 is 54.1 Å². The van der Waals surface area contributed by atoms with Crippen molar-refractivity contribution in [2.75, 3.05) is 0 Å². The van der Waals surface area contributed by atoms with Gasteiger partial charge >= 0.3 is 5.97 Å². The van der Waals surface area contributed by atoms with Gasteiger partial charge in [0, 0.05) is 28.0 Å². The lowest BCUT2D eigenvalue weighted by Gasteiger charge is -2.35. The van der Waals surface area contributed by atoms with Crippen molar-refractivity contribution in [1.29, 1.82) is 0 Å². The third kappa shape index (κ3) is 7.04. The normalized spacial score (nSPS) is 42.9. The van der Waals surface area contributed by atoms with Crippen LogP contribution in [0.1, 0.15) is 79.4 Å². The molecule has 1 heterocycles. The van der Waals surface area contributed by atoms with E-state index in [1.54, 1.807) is 27.7 Å². The number of Topliss-reactive ketones (excluding diaryl/α,β-unsaturated/α-hetero) is 1. The van der Waals surface area contributed by atoms with E-state index >= 15 is 0 Å². The molecule has 1 saturated heterocycles. The minimum atomic E-state index is -1.06. The highest BCUT2D eigenvalue weighted by Crippen LogP contribution is 2.30. The van der Waals surface area contributed by atoms with Gasteiger partial charge in [-0.2, -0.15) is 0 Å². The molecule has 1 rings (SSSR count). The van der Waals surface area contributed by atoms with Crippen molar-refractivity contribution in [3.05, 3.63) is 0 Å². The minimum Gasteiger partial charge on any atom is -0.462 e. The molecule has 0 bridgehead atoms. The first-order valence-corrected chi connectivity index (χ1v) is 11.2. The zero-order valence-corrected chi connectivity index (χ0v) is 19.8. The number of rotatable bonds is 1. The number of ketones is 1. The summed E-state index contributed by atoms with van der Waals surface area (Å²) in [7, 11) is 0. The molecule has 0 unspecified atom stereocenters. The van der Waals surface area contributed by atoms with Gasteiger partial charge in [0.25, 0.3) is 0 Å². The lowest BCUT2D eigenvalue weighted by atomic mass is 9.77. The van der Waals surface area contributed by atoms with Gasteiger partial charge in [-0.25, -0.2) is 0 Å². The van der Waals surface area contributed by atoms with E-state index in [9.17, 15) is 24.9 Å². The number of carbonyl (C=O) groups is 2. The third-order valence-corrected chi connectivity index (χ3v) is 6.51. The molecule has 0 amide bonds. The Kier molecular flexibility index (Phi) is 12.2. The predicted octanol–water partition coefficient (Wildman–Crippen LogP) is 3.94. The van der Waals surface area contributed by atoms with Crippen LogP contribution in [-0.2, 0) is 14.3 Å². The van der Waals surface area contributed by atoms with Crippen LogP contribution in [0, 0.1) is 35.5 Å². The van der Waals surface area contributed by atoms with Crippen molar-refractivity contribution in [3.8, 4) is 0 Å². The molecule has 1 fully saturated rings. The summed E-state index contributed by atoms with van der Waals surface area (Å²) in [5.41, 5.74) is 0. The number of hydrogen-bond acceptors (Lipinski definition) is 6. The second-order valence-corrected chi connectivity index (χ2v) is 8.67. The van der Waals surface area contributed by atoms with Gasteiger partial charge in [-0.05, 0) is 25.7 Å². The fourth-order valence-corrected chi connectivity index (χ4v) is 4.24. The van der Waals surface area contributed by atoms with Crippen LogP contribution in [0.4, 0.5) is 0 Å². The molecule has 0 spiro atoms. The molecule has 0 saturated carbocycles. The summed E-state index contributed by atoms with van der Waals surface area (Å²) < 4.78 is 5.58. The van der Waals surface area contributed by atoms with Gasteiger partial charge in [-0.15, -0.1) is 0 Å². The van der Waals surface area contributed by atoms with E-state index in [1.165, 1.54) is 0 Å². The van der Waals surface area contributed by atoms with Crippen molar-refractivity contribution < 1.29 is 33.9 Å². The second kappa shape index (κ2) is 12.7. The molecule has 178 valence electrons. The topological polar surface area (TPSA) is 104 Å². The van der Waals surface area contributed by atoms with E-state index in [0.29, 0.717) is 12.8 Å². The van der Waals surface area contributed by atoms with E-state index in [1.807, 2.05) is 34.6 Å². The van der Waals surface area contributed by atoms with Crippen molar-refractivity contribution in [3.63, 3.8) is 0 Å². The van der Waals surface area contributed by atoms with Gasteiger partial charge in [0.15, 0.2) is 0 Å². The molecule has 0 aliphatic carbocycles. The highest BCUT2D eigenvalue weighted by molar-refractivity contribution is 5.83. The number of aliphatic hydroxyl groups is 3. The quantitative estimate of drug-likeness (QED) is 0.550. The van der Waals surface area contributed by atoms with E-state index in [-0.39, 0.29) is 21.9 Å². The number of esters is 1. The molecule has 0 radical (unpaired) electrons. The van der Waals surface area contributed by atoms with Crippen LogP contribution >= 0.6 is 0 Å². The fraction of sp³-hybridized carbons (Fsp3) is 0.913. The Morgan fingerprint density at radius 2 is 1.34 bits per heavy atom. The maximum Gasteiger partial charge on any atom is 0.311 e. The summed E-state index contributed by atoms with van der Waals surface area (Å²) in [5, 5.41) is 31.9. The zero-order chi connectivity index (χ0) is 23.0. The highest BCUT2D eigenvalue weighted by atomic mass is 16.5. The van der Waals surface area contributed by atoms with Crippen molar-refractivity contribution >= 4 is 11.8 Å². The smallest absolute Gasteiger partial charge is 0.311 e. The molecule has 6 nitrogen and oxygen atoms in total. The largest absolute Gasteiger partial charge is 0.462 e. The number of carbonyl (C=O) groups excluding carboxylic acids is 2. The Labute approximate surface area is 181 Å². The maximum atomic E-state index is 12.8. The Bertz CT molecular complexity index is 522. The predicted molar refractivity (Wildman–Crippen MR) is 120 cm³/mol. The van der Waals surface area contributed by atoms with Gasteiger partial charge in [0.05, 0.1) is 24.2 Å². The molecular weight excluding hydrogens is 372 g/mol. The summed E-state index contributed by atoms with van der Waals surface area (Å²) in [4.78, 5) is 25.3. The monoisotopic (exact) mass is 425 g/mol. The molecule has 10 atom stereocenters. The van der Waals surface area contributed by atoms with E-state index in [2.05, 4.69) is 0 Å². The fourth-order valence-electron chi connectivity index (χ4n) is 4.24. The van der Waals surface area contributed by atoms with E-state index in [0.717, 1.165) is 0 Å². The molecule has 3 N–H and O–H groups in total. The number of aliphatic hydroxyl groups excluding tert-OH is 3. The number of ether oxygens (including phenoxy) is 1. The van der Waals surface area contributed by atoms with Gasteiger partial charge in [-0.3, -0.25) is 9.59 Å². The standard InChI is InChI=1S/C21H38O6.C2H6.3H2/c1-8-16-12(4)19(24)13(5)17(22)10(2)9-11(3)18(23)14(6)20(25)15(7)21(26)27-16;1-2;;;/h10-16,18-20,23-25H,8-9H2,1-7H3;1-2H3;3*1H/t10-,11+,12+,13+,14-,15-,16-,18+,19+,20+;;;;/m1..../s1/i;;3*1+1. The Balaban J connectivity index is -0.000000761. The van der Waals surface area contributed by atoms with Crippen LogP contribution in [-0.4, -0.2) is 51.5 Å². The summed E-state index contributed by atoms with van der Waals surface area (Å²) in [6.07, 6.45) is -2.43. The molecule has 1 aliphatic rings. The van der Waals surface area contributed by atoms with Crippen molar-refractivity contribution in [2.24, 2.45) is 35.5 Å². The average molecular weight is 426 g/mol. The molecule has 0 aromatic heterocycles. The van der Waals surface area contributed by atoms with Gasteiger partial charge in [0.2, 0.25) is 0 Å². The number of cyclic esters (lactones) is 1. The zero-order valence-electron chi connectivity index (χ0n) is 19.8. The first kappa shape index (κ1) is 28.0. The number of hydrogen-bond donors (Lipinski definition) is 3. The van der Waals surface area contributed by atoms with Crippen LogP contribution in [0.25, 0.3) is 0 Å². The van der Waals surface area contributed by atoms with Gasteiger partial charge in [-0.1, -0.05) is 55.4 Å². The summed E-state index contributed by atoms with van der Waals surface area (Å²) >= 11 is 0. The second-order valence-electron chi connectivity index (χ2n) is 8.67. The van der Waals surface area contributed by atoms with Crippen LogP contribution < -0.4 is 0 Å². The minimum absolute atomic E-state index is 0. The van der Waals surface area contributed by atoms with Gasteiger partial charge in [0.1, 0.15) is 11.9 Å². The van der Waals surface area contributed by atoms with Gasteiger partial charge < -0.3 is 20.1 Å². The summed E-state index contributed by atoms with van der Waals surface area (Å²) in [6, 6.07) is 0. The Hall–Kier alpha value is -0.980. The first-order chi connectivity index (χ1) is 13.4. The summed E-state index contributed by atoms with van der Waals surface area (Å²) in [5.74, 6) is -3.48. The average Bonchev–Trinajstić information content (AvgIpc) is 2.73. The lowest BCUT2D eigenvalue weighted by Crippen LogP contribution is -2.45. The Morgan fingerprint density at radius 1 is 0.862 bits per heavy atom. The van der Waals surface area contributed by atoms with Crippen LogP contribution in [0.15, 0.2) is 0 Å². The Morgan fingerprint density at radius 3 is 1.83 bits per heavy atom. The van der Waals surface area contributed by atoms with Crippen molar-refractivity contribution in [2.45, 2.75) is 99.6 Å². The van der Waals surface area contributed by atoms with Crippen molar-refractivity contribution in [1.82, 2.24) is 0 Å². The molecule has 29 heavy (non-hydrogen) atoms. The molecule has 1 aliphatic heterocycles. The third-order valence-electron chi connectivity index (χ3n) is 6.51. The van der Waals surface area contributed by atoms with Crippen LogP contribution in [0.3, 0.4) is 0 Å². The highest BCUT2D eigenvalue weighted by Gasteiger charge is 2.39. The van der Waals surface area contributed by atoms with E-state index in [4.69, 9.17) is 4.74 Å². The van der Waals surface area contributed by atoms with Crippen LogP contribution in [0.2, 0.25) is 0 Å². The maximum absolute atomic E-state index is 12.8. The first-order valence-electron chi connectivity index (χ1n) is 11.2. The molecular formula is C23H50O6.